The average molecular weight is 2460 g/mol. The molecule has 13 rings (SSSR count). The second-order valence-corrected chi connectivity index (χ2v) is 47.1. The number of hydrogen-bond donors (Lipinski definition) is 0. The quantitative estimate of drug-likeness (QED) is 0.0178. The molecule has 0 radical (unpaired) electrons. The standard InChI is InChI=1S/C66H18F36O36S12/c67-55(68,69)139(103,104)127-43-7-31-25-1-19-20(2-26(25)32-8-44(128-140(105,106)56(70,71)72)50(134-146(117,118)62(88,89)90)14-38(32)37(31)13-49(43)133-145(115,116)61(85,86)87)22-4-29-30(36-12-48(132-144(113,114)60(82,83)84)54(138-150(125,126)66(100,101)102)18-42(36)41-17-53(137-149(123,124)65(97,98)99)47(11-35(29)41)131-143(111,112)59(79,80)81)6-24(22)23-5-28-27(3-21(19)23)33-9-45(129-141(107,108)57(73,74)75)51(135-147(119,120)63(91,92)93)15-39(33)40-16-52(136-148(121,122)64(94,95)96)46(10-34(28)40)130-142(109,110)58(76,77)78/h1-18H. The summed E-state index contributed by atoms with van der Waals surface area (Å²) in [5.74, 6) is -33.1. The molecule has 0 aliphatic rings. The van der Waals surface area contributed by atoms with Gasteiger partial charge in [-0.3, -0.25) is 0 Å². The van der Waals surface area contributed by atoms with Crippen molar-refractivity contribution in [1.82, 2.24) is 0 Å². The minimum Gasteiger partial charge on any atom is -0.372 e. The number of hydrogen-bond acceptors (Lipinski definition) is 36. The van der Waals surface area contributed by atoms with Gasteiger partial charge in [-0.15, -0.1) is 0 Å². The molecule has 0 heterocycles. The zero-order valence-corrected chi connectivity index (χ0v) is 77.4. The first-order valence-corrected chi connectivity index (χ1v) is 52.5. The Morgan fingerprint density at radius 3 is 0.193 bits per heavy atom. The highest BCUT2D eigenvalue weighted by molar-refractivity contribution is 7.91. The third-order valence-electron chi connectivity index (χ3n) is 19.3. The molecule has 0 amide bonds. The van der Waals surface area contributed by atoms with E-state index in [9.17, 15) is 259 Å². The summed E-state index contributed by atoms with van der Waals surface area (Å²) >= 11 is 0. The van der Waals surface area contributed by atoms with Crippen LogP contribution in [0.2, 0.25) is 0 Å². The van der Waals surface area contributed by atoms with Crippen molar-refractivity contribution in [2.24, 2.45) is 0 Å². The van der Waals surface area contributed by atoms with Crippen LogP contribution in [0.15, 0.2) is 109 Å². The lowest BCUT2D eigenvalue weighted by molar-refractivity contribution is -0.0513. The summed E-state index contributed by atoms with van der Waals surface area (Å²) in [6.45, 7) is 0. The van der Waals surface area contributed by atoms with Gasteiger partial charge in [-0.05, 0) is 238 Å². The third kappa shape index (κ3) is 20.3. The Balaban J connectivity index is 1.46. The van der Waals surface area contributed by atoms with Crippen LogP contribution < -0.4 is 50.2 Å². The van der Waals surface area contributed by atoms with Gasteiger partial charge in [-0.25, -0.2) is 0 Å². The molecule has 0 atom stereocenters. The summed E-state index contributed by atoms with van der Waals surface area (Å²) in [6, 6.07) is -7.65. The summed E-state index contributed by atoms with van der Waals surface area (Å²) in [7, 11) is -93.6. The van der Waals surface area contributed by atoms with Gasteiger partial charge in [0.25, 0.3) is 0 Å². The summed E-state index contributed by atoms with van der Waals surface area (Å²) < 4.78 is 880. The zero-order chi connectivity index (χ0) is 114. The normalized spacial score (nSPS) is 14.6. The summed E-state index contributed by atoms with van der Waals surface area (Å²) in [5.41, 5.74) is -84.7. The summed E-state index contributed by atoms with van der Waals surface area (Å²) in [6.07, 6.45) is 0. The van der Waals surface area contributed by atoms with Gasteiger partial charge < -0.3 is 50.2 Å². The first-order valence-electron chi connectivity index (χ1n) is 35.6. The highest BCUT2D eigenvalue weighted by Crippen LogP contribution is 2.57. The maximum Gasteiger partial charge on any atom is 0.534 e. The van der Waals surface area contributed by atoms with Gasteiger partial charge in [-0.1, -0.05) is 0 Å². The fourth-order valence-corrected chi connectivity index (χ4v) is 18.8. The minimum absolute atomic E-state index is 0.00340. The molecule has 0 fully saturated rings. The van der Waals surface area contributed by atoms with Gasteiger partial charge in [0.05, 0.1) is 0 Å². The molecule has 0 aliphatic carbocycles. The fourth-order valence-electron chi connectivity index (χ4n) is 13.3. The van der Waals surface area contributed by atoms with Crippen LogP contribution in [0, 0.1) is 0 Å². The topological polar surface area (TPSA) is 520 Å². The number of fused-ring (bicyclic) bond motifs is 24. The van der Waals surface area contributed by atoms with E-state index in [4.69, 9.17) is 0 Å². The van der Waals surface area contributed by atoms with Crippen molar-refractivity contribution in [2.45, 2.75) is 66.1 Å². The highest BCUT2D eigenvalue weighted by Gasteiger charge is 2.60. The summed E-state index contributed by atoms with van der Waals surface area (Å²) in [4.78, 5) is 0. The Labute approximate surface area is 799 Å². The Kier molecular flexibility index (Phi) is 26.3. The molecule has 0 saturated heterocycles. The van der Waals surface area contributed by atoms with Gasteiger partial charge in [0.15, 0.2) is 69.0 Å². The predicted octanol–water partition coefficient (Wildman–Crippen LogP) is 18.3. The molecule has 0 bridgehead atoms. The molecule has 0 aliphatic heterocycles. The molecular weight excluding hydrogens is 2440 g/mol. The van der Waals surface area contributed by atoms with Crippen molar-refractivity contribution in [2.75, 3.05) is 0 Å². The Bertz CT molecular complexity index is 8240. The van der Waals surface area contributed by atoms with Crippen LogP contribution in [0.5, 0.6) is 69.0 Å². The first kappa shape index (κ1) is 115. The summed E-state index contributed by atoms with van der Waals surface area (Å²) in [5, 5.41) is -40.6. The van der Waals surface area contributed by atoms with Crippen molar-refractivity contribution in [3.05, 3.63) is 109 Å². The Morgan fingerprint density at radius 2 is 0.147 bits per heavy atom. The molecule has 0 spiro atoms. The van der Waals surface area contributed by atoms with Crippen molar-refractivity contribution in [3.8, 4) is 69.0 Å². The third-order valence-corrected chi connectivity index (χ3v) is 30.8. The number of halogens is 36. The Morgan fingerprint density at radius 1 is 0.100 bits per heavy atom. The number of rotatable bonds is 24. The molecule has 84 heteroatoms. The first-order chi connectivity index (χ1) is 66.8. The van der Waals surface area contributed by atoms with Gasteiger partial charge in [-0.2, -0.15) is 259 Å². The van der Waals surface area contributed by atoms with E-state index in [2.05, 4.69) is 50.2 Å². The monoisotopic (exact) mass is 2450 g/mol. The van der Waals surface area contributed by atoms with Crippen LogP contribution in [0.1, 0.15) is 0 Å². The van der Waals surface area contributed by atoms with E-state index < -0.39 is 459 Å². The SMILES string of the molecule is O=S(=O)(Oc1cc2c3cc(OS(=O)(=O)C(F)(F)F)c(OS(=O)(=O)C(F)(F)F)cc3c3cc4c(cc3c2cc1OS(=O)(=O)C(F)(F)F)c1cc2c3cc(OS(=O)(=O)C(F)(F)F)c(OS(=O)(=O)C(F)(F)F)cc3c3cc(OS(=O)(=O)C(F)(F)F)c(OS(=O)(=O)C(F)(F)F)cc3c2cc1c1cc2c3cc(OS(=O)(=O)C(F)(F)F)c(OS(=O)(=O)C(F)(F)F)cc3c3cc(OS(=O)(=O)C(F)(F)F)c(OS(=O)(=O)C(F)(F)F)cc3c2cc41)C(F)(F)F. The van der Waals surface area contributed by atoms with E-state index in [0.717, 1.165) is 0 Å². The lowest BCUT2D eigenvalue weighted by Crippen LogP contribution is -2.30. The van der Waals surface area contributed by atoms with Crippen molar-refractivity contribution < 1.29 is 309 Å². The maximum atomic E-state index is 14.6. The smallest absolute Gasteiger partial charge is 0.372 e. The maximum absolute atomic E-state index is 14.6. The van der Waals surface area contributed by atoms with Crippen LogP contribution >= 0.6 is 0 Å². The molecule has 0 saturated carbocycles. The van der Waals surface area contributed by atoms with Crippen LogP contribution in [-0.2, 0) is 121 Å². The van der Waals surface area contributed by atoms with Crippen molar-refractivity contribution >= 4 is 251 Å². The largest absolute Gasteiger partial charge is 0.534 e. The van der Waals surface area contributed by atoms with E-state index in [1.807, 2.05) is 0 Å². The van der Waals surface area contributed by atoms with Gasteiger partial charge in [0, 0.05) is 0 Å². The van der Waals surface area contributed by atoms with Crippen LogP contribution in [0.4, 0.5) is 158 Å². The van der Waals surface area contributed by atoms with Crippen LogP contribution in [0.3, 0.4) is 0 Å². The van der Waals surface area contributed by atoms with Crippen molar-refractivity contribution in [1.29, 1.82) is 0 Å². The van der Waals surface area contributed by atoms with Gasteiger partial charge in [0.1, 0.15) is 0 Å². The molecule has 0 N–H and O–H groups in total. The molecule has 13 aromatic carbocycles. The lowest BCUT2D eigenvalue weighted by Gasteiger charge is -2.22. The molecular formula is C66H18F36O36S12. The predicted molar refractivity (Wildman–Crippen MR) is 424 cm³/mol. The molecule has 0 aromatic heterocycles. The second kappa shape index (κ2) is 34.5. The van der Waals surface area contributed by atoms with E-state index >= 15 is 0 Å². The zero-order valence-electron chi connectivity index (χ0n) is 67.6. The van der Waals surface area contributed by atoms with Crippen molar-refractivity contribution in [3.63, 3.8) is 0 Å². The molecule has 0 unspecified atom stereocenters. The number of alkyl halides is 36. The highest BCUT2D eigenvalue weighted by atomic mass is 32.3. The van der Waals surface area contributed by atoms with Crippen LogP contribution in [-0.4, -0.2) is 167 Å². The molecule has 36 nitrogen and oxygen atoms in total. The molecule has 822 valence electrons. The van der Waals surface area contributed by atoms with E-state index in [1.165, 1.54) is 0 Å². The molecule has 150 heavy (non-hydrogen) atoms. The second-order valence-electron chi connectivity index (χ2n) is 28.7. The number of benzene rings is 13. The van der Waals surface area contributed by atoms with E-state index in [1.54, 1.807) is 0 Å². The molecule has 13 aromatic rings. The van der Waals surface area contributed by atoms with Gasteiger partial charge in [0.2, 0.25) is 0 Å². The Hall–Kier alpha value is -12.5. The minimum atomic E-state index is -7.82. The lowest BCUT2D eigenvalue weighted by atomic mass is 9.84. The fraction of sp³-hybridized carbons (Fsp3) is 0.182. The van der Waals surface area contributed by atoms with E-state index in [-0.39, 0.29) is 36.4 Å². The van der Waals surface area contributed by atoms with Gasteiger partial charge >= 0.3 is 188 Å². The average Bonchev–Trinajstić information content (AvgIpc) is 0.685. The van der Waals surface area contributed by atoms with E-state index in [0.29, 0.717) is 0 Å². The van der Waals surface area contributed by atoms with Crippen LogP contribution in [0.25, 0.3) is 129 Å².